The van der Waals surface area contributed by atoms with Crippen LogP contribution in [0.25, 0.3) is 20.2 Å². The van der Waals surface area contributed by atoms with Gasteiger partial charge >= 0.3 is 0 Å². The molecule has 0 spiro atoms. The fourth-order valence-electron chi connectivity index (χ4n) is 2.20. The van der Waals surface area contributed by atoms with Gasteiger partial charge in [0, 0.05) is 23.7 Å². The molecule has 0 saturated carbocycles. The van der Waals surface area contributed by atoms with E-state index >= 15 is 0 Å². The number of hydrogen-bond acceptors (Lipinski definition) is 1. The quantitative estimate of drug-likeness (QED) is 0.463. The first-order chi connectivity index (χ1) is 8.09. The second kappa shape index (κ2) is 3.95. The molecule has 1 aromatic heterocycles. The van der Waals surface area contributed by atoms with Gasteiger partial charge in [0.2, 0.25) is 0 Å². The fourth-order valence-corrected chi connectivity index (χ4v) is 4.35. The standard InChI is InChI=1S/C15H13IS/c1-8-4-6-11-12-7-5-9(2)13(16)15(12)17-14(11)10(8)3/h4-7H,1-3H3. The van der Waals surface area contributed by atoms with Crippen LogP contribution in [0.3, 0.4) is 0 Å². The highest BCUT2D eigenvalue weighted by atomic mass is 127. The number of fused-ring (bicyclic) bond motifs is 3. The molecule has 0 radical (unpaired) electrons. The summed E-state index contributed by atoms with van der Waals surface area (Å²) in [6.07, 6.45) is 0. The third-order valence-corrected chi connectivity index (χ3v) is 6.58. The van der Waals surface area contributed by atoms with E-state index in [2.05, 4.69) is 67.6 Å². The van der Waals surface area contributed by atoms with E-state index in [1.54, 1.807) is 0 Å². The molecule has 2 aromatic carbocycles. The van der Waals surface area contributed by atoms with Crippen molar-refractivity contribution in [3.05, 3.63) is 44.5 Å². The van der Waals surface area contributed by atoms with E-state index in [1.165, 1.54) is 40.4 Å². The van der Waals surface area contributed by atoms with Crippen LogP contribution in [0, 0.1) is 24.3 Å². The molecule has 2 heteroatoms. The molecule has 3 rings (SSSR count). The van der Waals surface area contributed by atoms with Crippen LogP contribution < -0.4 is 0 Å². The first-order valence-corrected chi connectivity index (χ1v) is 7.56. The van der Waals surface area contributed by atoms with Gasteiger partial charge in [0.15, 0.2) is 0 Å². The maximum atomic E-state index is 2.47. The largest absolute Gasteiger partial charge is 0.134 e. The first-order valence-electron chi connectivity index (χ1n) is 5.67. The van der Waals surface area contributed by atoms with E-state index in [1.807, 2.05) is 11.3 Å². The third-order valence-electron chi connectivity index (χ3n) is 3.46. The fraction of sp³-hybridized carbons (Fsp3) is 0.200. The van der Waals surface area contributed by atoms with Crippen LogP contribution in [0.1, 0.15) is 16.7 Å². The summed E-state index contributed by atoms with van der Waals surface area (Å²) < 4.78 is 4.29. The van der Waals surface area contributed by atoms with Crippen molar-refractivity contribution in [3.8, 4) is 0 Å². The van der Waals surface area contributed by atoms with Crippen LogP contribution >= 0.6 is 33.9 Å². The first kappa shape index (κ1) is 11.5. The normalized spacial score (nSPS) is 11.5. The van der Waals surface area contributed by atoms with Crippen LogP contribution in [0.2, 0.25) is 0 Å². The summed E-state index contributed by atoms with van der Waals surface area (Å²) >= 11 is 4.40. The molecule has 0 fully saturated rings. The van der Waals surface area contributed by atoms with Crippen molar-refractivity contribution in [1.82, 2.24) is 0 Å². The van der Waals surface area contributed by atoms with Gasteiger partial charge in [-0.15, -0.1) is 11.3 Å². The van der Waals surface area contributed by atoms with Crippen LogP contribution in [-0.2, 0) is 0 Å². The minimum Gasteiger partial charge on any atom is -0.134 e. The lowest BCUT2D eigenvalue weighted by atomic mass is 10.1. The molecule has 0 aliphatic carbocycles. The van der Waals surface area contributed by atoms with Gasteiger partial charge in [-0.05, 0) is 60.1 Å². The zero-order chi connectivity index (χ0) is 12.2. The molecule has 0 unspecified atom stereocenters. The van der Waals surface area contributed by atoms with E-state index < -0.39 is 0 Å². The molecule has 1 heterocycles. The van der Waals surface area contributed by atoms with Gasteiger partial charge < -0.3 is 0 Å². The minimum absolute atomic E-state index is 1.37. The van der Waals surface area contributed by atoms with Crippen molar-refractivity contribution in [1.29, 1.82) is 0 Å². The van der Waals surface area contributed by atoms with E-state index in [0.717, 1.165) is 0 Å². The zero-order valence-electron chi connectivity index (χ0n) is 10.1. The molecule has 0 saturated heterocycles. The van der Waals surface area contributed by atoms with Crippen molar-refractivity contribution in [2.75, 3.05) is 0 Å². The van der Waals surface area contributed by atoms with Crippen LogP contribution in [0.5, 0.6) is 0 Å². The molecule has 0 amide bonds. The lowest BCUT2D eigenvalue weighted by molar-refractivity contribution is 1.39. The van der Waals surface area contributed by atoms with Gasteiger partial charge in [-0.25, -0.2) is 0 Å². The van der Waals surface area contributed by atoms with Crippen molar-refractivity contribution < 1.29 is 0 Å². The van der Waals surface area contributed by atoms with Gasteiger partial charge in [0.1, 0.15) is 0 Å². The van der Waals surface area contributed by atoms with Crippen molar-refractivity contribution in [2.24, 2.45) is 0 Å². The van der Waals surface area contributed by atoms with Crippen molar-refractivity contribution in [2.45, 2.75) is 20.8 Å². The molecule has 0 atom stereocenters. The second-order valence-electron chi connectivity index (χ2n) is 4.56. The Hall–Kier alpha value is -0.610. The number of hydrogen-bond donors (Lipinski definition) is 0. The molecule has 3 aromatic rings. The smallest absolute Gasteiger partial charge is 0.0491 e. The van der Waals surface area contributed by atoms with E-state index in [4.69, 9.17) is 0 Å². The van der Waals surface area contributed by atoms with Crippen LogP contribution in [-0.4, -0.2) is 0 Å². The molecular formula is C15H13IS. The number of thiophene rings is 1. The molecule has 86 valence electrons. The number of aryl methyl sites for hydroxylation is 3. The highest BCUT2D eigenvalue weighted by Crippen LogP contribution is 2.39. The van der Waals surface area contributed by atoms with Gasteiger partial charge in [0.05, 0.1) is 0 Å². The summed E-state index contributed by atoms with van der Waals surface area (Å²) in [4.78, 5) is 0. The Morgan fingerprint density at radius 1 is 0.824 bits per heavy atom. The maximum absolute atomic E-state index is 2.47. The Morgan fingerprint density at radius 3 is 2.12 bits per heavy atom. The molecule has 0 aliphatic rings. The average molecular weight is 352 g/mol. The van der Waals surface area contributed by atoms with Gasteiger partial charge in [-0.3, -0.25) is 0 Å². The molecule has 0 N–H and O–H groups in total. The predicted octanol–water partition coefficient (Wildman–Crippen LogP) is 5.58. The molecule has 17 heavy (non-hydrogen) atoms. The topological polar surface area (TPSA) is 0 Å². The van der Waals surface area contributed by atoms with E-state index in [9.17, 15) is 0 Å². The highest BCUT2D eigenvalue weighted by molar-refractivity contribution is 14.1. The summed E-state index contributed by atoms with van der Waals surface area (Å²) in [5.41, 5.74) is 4.19. The Bertz CT molecular complexity index is 675. The van der Waals surface area contributed by atoms with Crippen LogP contribution in [0.4, 0.5) is 0 Å². The third kappa shape index (κ3) is 1.61. The molecule has 0 bridgehead atoms. The Balaban J connectivity index is 2.58. The van der Waals surface area contributed by atoms with E-state index in [-0.39, 0.29) is 0 Å². The Labute approximate surface area is 119 Å². The zero-order valence-corrected chi connectivity index (χ0v) is 13.1. The van der Waals surface area contributed by atoms with Gasteiger partial charge in [-0.1, -0.05) is 24.3 Å². The van der Waals surface area contributed by atoms with E-state index in [0.29, 0.717) is 0 Å². The monoisotopic (exact) mass is 352 g/mol. The maximum Gasteiger partial charge on any atom is 0.0491 e. The Morgan fingerprint density at radius 2 is 1.41 bits per heavy atom. The van der Waals surface area contributed by atoms with Crippen molar-refractivity contribution >= 4 is 54.1 Å². The minimum atomic E-state index is 1.37. The summed E-state index contributed by atoms with van der Waals surface area (Å²) in [6.45, 7) is 6.60. The van der Waals surface area contributed by atoms with Gasteiger partial charge in [-0.2, -0.15) is 0 Å². The number of rotatable bonds is 0. The summed E-state index contributed by atoms with van der Waals surface area (Å²) in [5, 5.41) is 2.81. The predicted molar refractivity (Wildman–Crippen MR) is 86.3 cm³/mol. The second-order valence-corrected chi connectivity index (χ2v) is 6.66. The lowest BCUT2D eigenvalue weighted by Crippen LogP contribution is -1.79. The van der Waals surface area contributed by atoms with Crippen LogP contribution in [0.15, 0.2) is 24.3 Å². The number of halogens is 1. The lowest BCUT2D eigenvalue weighted by Gasteiger charge is -2.00. The highest BCUT2D eigenvalue weighted by Gasteiger charge is 2.11. The summed E-state index contributed by atoms with van der Waals surface area (Å²) in [7, 11) is 0. The Kier molecular flexibility index (Phi) is 2.67. The summed E-state index contributed by atoms with van der Waals surface area (Å²) in [6, 6.07) is 8.99. The summed E-state index contributed by atoms with van der Waals surface area (Å²) in [5.74, 6) is 0. The molecule has 0 aliphatic heterocycles. The van der Waals surface area contributed by atoms with Gasteiger partial charge in [0.25, 0.3) is 0 Å². The average Bonchev–Trinajstić information content (AvgIpc) is 2.69. The van der Waals surface area contributed by atoms with Crippen molar-refractivity contribution in [3.63, 3.8) is 0 Å². The number of benzene rings is 2. The molecule has 0 nitrogen and oxygen atoms in total. The molecular weight excluding hydrogens is 339 g/mol. The SMILES string of the molecule is Cc1ccc2c(sc3c(I)c(C)ccc32)c1C.